The van der Waals surface area contributed by atoms with Crippen molar-refractivity contribution in [3.8, 4) is 0 Å². The Labute approximate surface area is 133 Å². The summed E-state index contributed by atoms with van der Waals surface area (Å²) in [5, 5.41) is 12.8. The van der Waals surface area contributed by atoms with E-state index < -0.39 is 16.0 Å². The van der Waals surface area contributed by atoms with E-state index in [1.54, 1.807) is 38.1 Å². The molecular formula is C15H16N2O5S. The van der Waals surface area contributed by atoms with E-state index in [-0.39, 0.29) is 29.5 Å². The van der Waals surface area contributed by atoms with Gasteiger partial charge in [0.2, 0.25) is 0 Å². The molecule has 0 aliphatic carbocycles. The van der Waals surface area contributed by atoms with Crippen molar-refractivity contribution in [2.24, 2.45) is 0 Å². The second kappa shape index (κ2) is 5.38. The lowest BCUT2D eigenvalue weighted by molar-refractivity contribution is -0.137. The highest BCUT2D eigenvalue weighted by Crippen LogP contribution is 2.41. The van der Waals surface area contributed by atoms with Crippen molar-refractivity contribution in [1.29, 1.82) is 0 Å². The highest BCUT2D eigenvalue weighted by atomic mass is 32.2. The van der Waals surface area contributed by atoms with Gasteiger partial charge in [0, 0.05) is 12.5 Å². The standard InChI is InChI=1S/C15H16N2O5S/c1-9-15(10(2)22-16-9)23(20,21)17-8-11(7-14(18)19)12-5-3-4-6-13(12)17/h3-6,11H,7-8H2,1-2H3,(H,18,19)/t11-/m0/s1. The number of fused-ring (bicyclic) bond motifs is 1. The molecule has 0 radical (unpaired) electrons. The minimum atomic E-state index is -3.85. The summed E-state index contributed by atoms with van der Waals surface area (Å²) in [5.41, 5.74) is 1.53. The third-order valence-electron chi connectivity index (χ3n) is 3.97. The zero-order valence-electron chi connectivity index (χ0n) is 12.7. The number of aromatic nitrogens is 1. The Morgan fingerprint density at radius 2 is 2.09 bits per heavy atom. The number of carbonyl (C=O) groups is 1. The lowest BCUT2D eigenvalue weighted by Crippen LogP contribution is -2.31. The number of aliphatic carboxylic acids is 1. The molecule has 122 valence electrons. The third kappa shape index (κ3) is 2.48. The number of hydrogen-bond acceptors (Lipinski definition) is 5. The van der Waals surface area contributed by atoms with Crippen LogP contribution in [0.2, 0.25) is 0 Å². The second-order valence-electron chi connectivity index (χ2n) is 5.54. The molecule has 7 nitrogen and oxygen atoms in total. The molecule has 1 aromatic heterocycles. The molecule has 0 fully saturated rings. The van der Waals surface area contributed by atoms with Crippen LogP contribution in [0.15, 0.2) is 33.7 Å². The molecule has 0 saturated carbocycles. The maximum Gasteiger partial charge on any atom is 0.304 e. The van der Waals surface area contributed by atoms with Gasteiger partial charge in [-0.15, -0.1) is 0 Å². The van der Waals surface area contributed by atoms with E-state index >= 15 is 0 Å². The van der Waals surface area contributed by atoms with Gasteiger partial charge in [-0.3, -0.25) is 9.10 Å². The lowest BCUT2D eigenvalue weighted by atomic mass is 9.98. The number of nitrogens with zero attached hydrogens (tertiary/aromatic N) is 2. The smallest absolute Gasteiger partial charge is 0.304 e. The first-order chi connectivity index (χ1) is 10.8. The maximum absolute atomic E-state index is 13.0. The highest BCUT2D eigenvalue weighted by Gasteiger charge is 2.39. The molecule has 8 heteroatoms. The largest absolute Gasteiger partial charge is 0.481 e. The van der Waals surface area contributed by atoms with Gasteiger partial charge in [-0.05, 0) is 25.5 Å². The summed E-state index contributed by atoms with van der Waals surface area (Å²) in [4.78, 5) is 11.1. The Morgan fingerprint density at radius 1 is 1.39 bits per heavy atom. The summed E-state index contributed by atoms with van der Waals surface area (Å²) in [5.74, 6) is -1.11. The van der Waals surface area contributed by atoms with Crippen molar-refractivity contribution in [3.05, 3.63) is 41.3 Å². The van der Waals surface area contributed by atoms with Gasteiger partial charge in [-0.25, -0.2) is 8.42 Å². The Hall–Kier alpha value is -2.35. The molecule has 2 heterocycles. The monoisotopic (exact) mass is 336 g/mol. The van der Waals surface area contributed by atoms with Crippen LogP contribution in [0, 0.1) is 13.8 Å². The molecule has 3 rings (SSSR count). The molecule has 23 heavy (non-hydrogen) atoms. The van der Waals surface area contributed by atoms with E-state index in [1.165, 1.54) is 4.31 Å². The van der Waals surface area contributed by atoms with Crippen LogP contribution in [0.4, 0.5) is 5.69 Å². The number of hydrogen-bond donors (Lipinski definition) is 1. The predicted molar refractivity (Wildman–Crippen MR) is 81.9 cm³/mol. The summed E-state index contributed by atoms with van der Waals surface area (Å²) in [6, 6.07) is 6.97. The summed E-state index contributed by atoms with van der Waals surface area (Å²) in [7, 11) is -3.85. The Bertz CT molecular complexity index is 852. The first-order valence-corrected chi connectivity index (χ1v) is 8.52. The van der Waals surface area contributed by atoms with Crippen LogP contribution in [0.5, 0.6) is 0 Å². The summed E-state index contributed by atoms with van der Waals surface area (Å²) >= 11 is 0. The van der Waals surface area contributed by atoms with Gasteiger partial charge < -0.3 is 9.63 Å². The topological polar surface area (TPSA) is 101 Å². The number of sulfonamides is 1. The van der Waals surface area contributed by atoms with Gasteiger partial charge in [0.15, 0.2) is 10.7 Å². The predicted octanol–water partition coefficient (Wildman–Crippen LogP) is 2.06. The van der Waals surface area contributed by atoms with Gasteiger partial charge in [0.25, 0.3) is 10.0 Å². The fraction of sp³-hybridized carbons (Fsp3) is 0.333. The second-order valence-corrected chi connectivity index (χ2v) is 7.34. The first kappa shape index (κ1) is 15.5. The van der Waals surface area contributed by atoms with E-state index in [9.17, 15) is 13.2 Å². The fourth-order valence-corrected chi connectivity index (χ4v) is 4.86. The number of benzene rings is 1. The zero-order valence-corrected chi connectivity index (χ0v) is 13.5. The van der Waals surface area contributed by atoms with Gasteiger partial charge in [0.05, 0.1) is 12.1 Å². The Balaban J connectivity index is 2.09. The van der Waals surface area contributed by atoms with Crippen molar-refractivity contribution in [1.82, 2.24) is 5.16 Å². The molecular weight excluding hydrogens is 320 g/mol. The maximum atomic E-state index is 13.0. The number of carboxylic acid groups (broad SMARTS) is 1. The molecule has 1 aromatic carbocycles. The van der Waals surface area contributed by atoms with Crippen molar-refractivity contribution in [3.63, 3.8) is 0 Å². The van der Waals surface area contributed by atoms with Crippen LogP contribution in [-0.2, 0) is 14.8 Å². The molecule has 1 aliphatic heterocycles. The van der Waals surface area contributed by atoms with Crippen LogP contribution >= 0.6 is 0 Å². The number of carboxylic acids is 1. The van der Waals surface area contributed by atoms with Crippen LogP contribution in [0.25, 0.3) is 0 Å². The molecule has 0 spiro atoms. The summed E-state index contributed by atoms with van der Waals surface area (Å²) in [6.45, 7) is 3.21. The van der Waals surface area contributed by atoms with Crippen molar-refractivity contribution in [2.75, 3.05) is 10.8 Å². The molecule has 2 aromatic rings. The van der Waals surface area contributed by atoms with Crippen molar-refractivity contribution < 1.29 is 22.8 Å². The van der Waals surface area contributed by atoms with Crippen LogP contribution in [0.1, 0.15) is 29.4 Å². The van der Waals surface area contributed by atoms with Crippen LogP contribution in [0.3, 0.4) is 0 Å². The van der Waals surface area contributed by atoms with E-state index in [1.807, 2.05) is 0 Å². The Kier molecular flexibility index (Phi) is 3.63. The normalized spacial score (nSPS) is 17.3. The van der Waals surface area contributed by atoms with E-state index in [4.69, 9.17) is 9.63 Å². The van der Waals surface area contributed by atoms with Gasteiger partial charge in [-0.2, -0.15) is 0 Å². The molecule has 0 bridgehead atoms. The average molecular weight is 336 g/mol. The molecule has 0 saturated heterocycles. The molecule has 0 unspecified atom stereocenters. The van der Waals surface area contributed by atoms with Gasteiger partial charge in [0.1, 0.15) is 5.69 Å². The lowest BCUT2D eigenvalue weighted by Gasteiger charge is -2.19. The summed E-state index contributed by atoms with van der Waals surface area (Å²) < 4.78 is 32.2. The number of anilines is 1. The quantitative estimate of drug-likeness (QED) is 0.917. The molecule has 1 atom stereocenters. The third-order valence-corrected chi connectivity index (χ3v) is 5.99. The number of para-hydroxylation sites is 1. The van der Waals surface area contributed by atoms with E-state index in [2.05, 4.69) is 5.16 Å². The van der Waals surface area contributed by atoms with Crippen LogP contribution in [-0.4, -0.2) is 31.2 Å². The average Bonchev–Trinajstić information content (AvgIpc) is 3.00. The van der Waals surface area contributed by atoms with Crippen molar-refractivity contribution in [2.45, 2.75) is 31.1 Å². The van der Waals surface area contributed by atoms with E-state index in [0.29, 0.717) is 11.4 Å². The molecule has 1 aliphatic rings. The van der Waals surface area contributed by atoms with Gasteiger partial charge in [-0.1, -0.05) is 23.4 Å². The van der Waals surface area contributed by atoms with E-state index in [0.717, 1.165) is 5.56 Å². The fourth-order valence-electron chi connectivity index (χ4n) is 3.02. The number of rotatable bonds is 4. The van der Waals surface area contributed by atoms with Crippen LogP contribution < -0.4 is 4.31 Å². The Morgan fingerprint density at radius 3 is 2.70 bits per heavy atom. The number of aryl methyl sites for hydroxylation is 2. The minimum absolute atomic E-state index is 0.0447. The molecule has 1 N–H and O–H groups in total. The highest BCUT2D eigenvalue weighted by molar-refractivity contribution is 7.93. The van der Waals surface area contributed by atoms with Gasteiger partial charge >= 0.3 is 5.97 Å². The summed E-state index contributed by atoms with van der Waals surface area (Å²) in [6.07, 6.45) is -0.120. The zero-order chi connectivity index (χ0) is 16.8. The van der Waals surface area contributed by atoms with Crippen molar-refractivity contribution >= 4 is 21.7 Å². The SMILES string of the molecule is Cc1noc(C)c1S(=O)(=O)N1C[C@H](CC(=O)O)c2ccccc21. The first-order valence-electron chi connectivity index (χ1n) is 7.08. The molecule has 0 amide bonds. The minimum Gasteiger partial charge on any atom is -0.481 e.